The summed E-state index contributed by atoms with van der Waals surface area (Å²) < 4.78 is 23.6. The van der Waals surface area contributed by atoms with Gasteiger partial charge < -0.3 is 40.6 Å². The number of aromatic nitrogens is 3. The van der Waals surface area contributed by atoms with Crippen LogP contribution in [0.25, 0.3) is 11.3 Å². The van der Waals surface area contributed by atoms with Gasteiger partial charge in [0.05, 0.1) is 58.4 Å². The second kappa shape index (κ2) is 21.7. The average Bonchev–Trinajstić information content (AvgIpc) is 3.61. The van der Waals surface area contributed by atoms with Gasteiger partial charge in [0.15, 0.2) is 0 Å². The van der Waals surface area contributed by atoms with Gasteiger partial charge >= 0.3 is 6.09 Å². The predicted molar refractivity (Wildman–Crippen MR) is 187 cm³/mol. The summed E-state index contributed by atoms with van der Waals surface area (Å²) in [7, 11) is 0. The Morgan fingerprint density at radius 2 is 1.42 bits per heavy atom. The number of hydrogen-bond acceptors (Lipinski definition) is 10. The van der Waals surface area contributed by atoms with E-state index in [4.69, 9.17) is 24.7 Å². The number of nitrogens with zero attached hydrogens (tertiary/aromatic N) is 3. The van der Waals surface area contributed by atoms with E-state index >= 15 is 0 Å². The van der Waals surface area contributed by atoms with Crippen LogP contribution in [-0.4, -0.2) is 91.7 Å². The first-order chi connectivity index (χ1) is 24.5. The molecule has 5 N–H and O–H groups in total. The molecule has 0 aliphatic heterocycles. The topological polar surface area (TPSA) is 181 Å². The van der Waals surface area contributed by atoms with E-state index < -0.39 is 12.1 Å². The lowest BCUT2D eigenvalue weighted by Gasteiger charge is -2.13. The molecule has 1 heterocycles. The number of ether oxygens (including phenoxy) is 4. The first-order valence-electron chi connectivity index (χ1n) is 16.6. The van der Waals surface area contributed by atoms with Crippen LogP contribution in [0.1, 0.15) is 18.4 Å². The maximum Gasteiger partial charge on any atom is 0.412 e. The lowest BCUT2D eigenvalue weighted by molar-refractivity contribution is -0.121. The van der Waals surface area contributed by atoms with Crippen LogP contribution in [0.15, 0.2) is 91.1 Å². The highest BCUT2D eigenvalue weighted by Gasteiger charge is 2.15. The summed E-state index contributed by atoms with van der Waals surface area (Å²) in [6.07, 6.45) is 2.30. The van der Waals surface area contributed by atoms with Crippen LogP contribution in [-0.2, 0) is 36.8 Å². The minimum absolute atomic E-state index is 0.134. The fourth-order valence-corrected chi connectivity index (χ4v) is 4.58. The van der Waals surface area contributed by atoms with Crippen molar-refractivity contribution in [3.8, 4) is 17.0 Å². The molecule has 4 rings (SSSR count). The molecule has 0 aliphatic rings. The predicted octanol–water partition coefficient (Wildman–Crippen LogP) is 3.19. The number of amides is 3. The number of carbonyl (C=O) groups is 3. The Morgan fingerprint density at radius 1 is 0.760 bits per heavy atom. The Kier molecular flexibility index (Phi) is 16.4. The molecule has 14 nitrogen and oxygen atoms in total. The zero-order valence-electron chi connectivity index (χ0n) is 28.0. The summed E-state index contributed by atoms with van der Waals surface area (Å²) in [6.45, 7) is 3.88. The summed E-state index contributed by atoms with van der Waals surface area (Å²) in [6, 6.07) is 25.0. The highest BCUT2D eigenvalue weighted by molar-refractivity contribution is 5.94. The van der Waals surface area contributed by atoms with Crippen molar-refractivity contribution < 1.29 is 33.3 Å². The molecule has 266 valence electrons. The lowest BCUT2D eigenvalue weighted by Crippen LogP contribution is -2.37. The van der Waals surface area contributed by atoms with Crippen molar-refractivity contribution >= 4 is 23.6 Å². The first kappa shape index (κ1) is 37.7. The second-order valence-corrected chi connectivity index (χ2v) is 11.1. The van der Waals surface area contributed by atoms with Crippen LogP contribution in [0, 0.1) is 0 Å². The third kappa shape index (κ3) is 14.5. The minimum atomic E-state index is -0.732. The summed E-state index contributed by atoms with van der Waals surface area (Å²) in [4.78, 5) is 36.5. The number of rotatable bonds is 22. The Balaban J connectivity index is 0.924. The van der Waals surface area contributed by atoms with Gasteiger partial charge in [0.2, 0.25) is 11.8 Å². The fraction of sp³-hybridized carbons (Fsp3) is 0.361. The quantitative estimate of drug-likeness (QED) is 0.0897. The Hall–Kier alpha value is -5.15. The third-order valence-corrected chi connectivity index (χ3v) is 7.20. The van der Waals surface area contributed by atoms with Crippen molar-refractivity contribution in [3.63, 3.8) is 0 Å². The van der Waals surface area contributed by atoms with Crippen molar-refractivity contribution in [3.05, 3.63) is 96.7 Å². The van der Waals surface area contributed by atoms with Gasteiger partial charge in [-0.3, -0.25) is 9.59 Å². The van der Waals surface area contributed by atoms with Gasteiger partial charge in [-0.15, -0.1) is 5.10 Å². The zero-order chi connectivity index (χ0) is 35.2. The number of hydrogen-bond donors (Lipinski definition) is 4. The molecule has 1 atom stereocenters. The largest absolute Gasteiger partial charge is 0.412 e. The molecule has 50 heavy (non-hydrogen) atoms. The van der Waals surface area contributed by atoms with Crippen LogP contribution in [0.3, 0.4) is 0 Å². The molecule has 0 spiro atoms. The molecule has 14 heteroatoms. The standard InChI is InChI=1S/C36H45N7O7/c37-32(35(45)40-30-10-5-2-6-11-30)26-28-13-15-31(16-14-28)50-36(46)39-17-7-12-34(44)38-18-20-47-22-24-49-25-23-48-21-19-43-27-33(41-42-43)29-8-3-1-4-9-29/h1-6,8-11,13-16,27,32H,7,12,17-26,37H2,(H,38,44)(H,39,46)(H,40,45)/t32-/m0/s1. The fourth-order valence-electron chi connectivity index (χ4n) is 4.58. The van der Waals surface area contributed by atoms with E-state index in [-0.39, 0.29) is 24.8 Å². The zero-order valence-corrected chi connectivity index (χ0v) is 28.0. The van der Waals surface area contributed by atoms with Crippen LogP contribution in [0.2, 0.25) is 0 Å². The number of nitrogens with two attached hydrogens (primary N) is 1. The van der Waals surface area contributed by atoms with Gasteiger partial charge in [0.1, 0.15) is 11.4 Å². The van der Waals surface area contributed by atoms with Gasteiger partial charge in [-0.25, -0.2) is 9.48 Å². The lowest BCUT2D eigenvalue weighted by atomic mass is 10.1. The number of para-hydroxylation sites is 1. The van der Waals surface area contributed by atoms with E-state index in [0.29, 0.717) is 77.0 Å². The summed E-state index contributed by atoms with van der Waals surface area (Å²) in [5.41, 5.74) is 9.41. The molecular formula is C36H45N7O7. The van der Waals surface area contributed by atoms with Gasteiger partial charge in [0.25, 0.3) is 0 Å². The molecule has 0 radical (unpaired) electrons. The molecule has 0 bridgehead atoms. The van der Waals surface area contributed by atoms with Crippen LogP contribution in [0.5, 0.6) is 5.75 Å². The maximum atomic E-state index is 12.3. The van der Waals surface area contributed by atoms with E-state index in [1.165, 1.54) is 0 Å². The summed E-state index contributed by atoms with van der Waals surface area (Å²) >= 11 is 0. The molecule has 0 aliphatic carbocycles. The molecule has 3 aromatic carbocycles. The molecule has 0 saturated heterocycles. The SMILES string of the molecule is N[C@@H](Cc1ccc(OC(=O)NCCCC(=O)NCCOCCOCCOCCn2cc(-c3ccccc3)nn2)cc1)C(=O)Nc1ccccc1. The minimum Gasteiger partial charge on any atom is -0.410 e. The number of anilines is 1. The van der Waals surface area contributed by atoms with E-state index in [2.05, 4.69) is 26.3 Å². The first-order valence-corrected chi connectivity index (χ1v) is 16.6. The van der Waals surface area contributed by atoms with Gasteiger partial charge in [-0.1, -0.05) is 65.9 Å². The molecule has 4 aromatic rings. The average molecular weight is 688 g/mol. The van der Waals surface area contributed by atoms with Crippen LogP contribution in [0.4, 0.5) is 10.5 Å². The van der Waals surface area contributed by atoms with Crippen LogP contribution < -0.4 is 26.4 Å². The van der Waals surface area contributed by atoms with Crippen molar-refractivity contribution in [2.24, 2.45) is 5.73 Å². The molecule has 3 amide bonds. The number of benzene rings is 3. The van der Waals surface area contributed by atoms with E-state index in [1.807, 2.05) is 54.7 Å². The van der Waals surface area contributed by atoms with Crippen molar-refractivity contribution in [2.75, 3.05) is 58.0 Å². The molecule has 0 unspecified atom stereocenters. The maximum absolute atomic E-state index is 12.3. The monoisotopic (exact) mass is 687 g/mol. The van der Waals surface area contributed by atoms with E-state index in [1.54, 1.807) is 41.1 Å². The Labute approximate surface area is 291 Å². The molecule has 0 fully saturated rings. The summed E-state index contributed by atoms with van der Waals surface area (Å²) in [5, 5.41) is 16.5. The van der Waals surface area contributed by atoms with Crippen molar-refractivity contribution in [2.45, 2.75) is 31.8 Å². The molecule has 1 aromatic heterocycles. The van der Waals surface area contributed by atoms with Crippen molar-refractivity contribution in [1.29, 1.82) is 0 Å². The Morgan fingerprint density at radius 3 is 2.14 bits per heavy atom. The van der Waals surface area contributed by atoms with Crippen molar-refractivity contribution in [1.82, 2.24) is 25.6 Å². The second-order valence-electron chi connectivity index (χ2n) is 11.1. The Bertz CT molecular complexity index is 1570. The normalized spacial score (nSPS) is 11.5. The number of nitrogens with one attached hydrogen (secondary N) is 3. The molecule has 0 saturated carbocycles. The van der Waals surface area contributed by atoms with Gasteiger partial charge in [0, 0.05) is 30.8 Å². The highest BCUT2D eigenvalue weighted by atomic mass is 16.6. The van der Waals surface area contributed by atoms with E-state index in [0.717, 1.165) is 16.8 Å². The highest BCUT2D eigenvalue weighted by Crippen LogP contribution is 2.15. The third-order valence-electron chi connectivity index (χ3n) is 7.20. The van der Waals surface area contributed by atoms with Gasteiger partial charge in [-0.05, 0) is 42.7 Å². The molecular weight excluding hydrogens is 642 g/mol. The van der Waals surface area contributed by atoms with Crippen LogP contribution >= 0.6 is 0 Å². The summed E-state index contributed by atoms with van der Waals surface area (Å²) in [5.74, 6) is -0.0692. The van der Waals surface area contributed by atoms with Gasteiger partial charge in [-0.2, -0.15) is 0 Å². The van der Waals surface area contributed by atoms with E-state index in [9.17, 15) is 14.4 Å². The smallest absolute Gasteiger partial charge is 0.410 e. The number of carbonyl (C=O) groups excluding carboxylic acids is 3.